The molecule has 0 aliphatic rings. The van der Waals surface area contributed by atoms with Gasteiger partial charge in [0.2, 0.25) is 5.56 Å². The van der Waals surface area contributed by atoms with Gasteiger partial charge in [-0.05, 0) is 45.0 Å². The van der Waals surface area contributed by atoms with Crippen molar-refractivity contribution in [2.75, 3.05) is 6.61 Å². The standard InChI is InChI=1S/C17H29NO4Si/c1-12-13(9-10-14(19)18-12)15(20)22-17(5,6)11-21-23(7,8)16(2,3)4/h9-10H,11H2,1-8H3,(H,18,19). The number of carbonyl (C=O) groups excluding carboxylic acids is 1. The van der Waals surface area contributed by atoms with Crippen molar-refractivity contribution in [3.63, 3.8) is 0 Å². The van der Waals surface area contributed by atoms with Crippen molar-refractivity contribution in [2.24, 2.45) is 0 Å². The van der Waals surface area contributed by atoms with Crippen LogP contribution in [0.2, 0.25) is 18.1 Å². The van der Waals surface area contributed by atoms with Crippen molar-refractivity contribution in [1.29, 1.82) is 0 Å². The zero-order valence-electron chi connectivity index (χ0n) is 15.5. The molecule has 1 aromatic heterocycles. The predicted molar refractivity (Wildman–Crippen MR) is 94.4 cm³/mol. The van der Waals surface area contributed by atoms with Gasteiger partial charge in [0, 0.05) is 11.8 Å². The summed E-state index contributed by atoms with van der Waals surface area (Å²) in [7, 11) is -1.90. The third-order valence-corrected chi connectivity index (χ3v) is 8.77. The summed E-state index contributed by atoms with van der Waals surface area (Å²) in [6.45, 7) is 16.5. The number of aromatic nitrogens is 1. The molecule has 6 heteroatoms. The van der Waals surface area contributed by atoms with Crippen LogP contribution >= 0.6 is 0 Å². The van der Waals surface area contributed by atoms with Gasteiger partial charge in [0.1, 0.15) is 5.60 Å². The highest BCUT2D eigenvalue weighted by Crippen LogP contribution is 2.37. The van der Waals surface area contributed by atoms with Crippen LogP contribution in [-0.4, -0.2) is 31.5 Å². The number of carbonyl (C=O) groups is 1. The van der Waals surface area contributed by atoms with Gasteiger partial charge >= 0.3 is 5.97 Å². The van der Waals surface area contributed by atoms with Crippen LogP contribution in [0.15, 0.2) is 16.9 Å². The highest BCUT2D eigenvalue weighted by molar-refractivity contribution is 6.74. The lowest BCUT2D eigenvalue weighted by Gasteiger charge is -2.38. The topological polar surface area (TPSA) is 68.4 Å². The molecule has 23 heavy (non-hydrogen) atoms. The summed E-state index contributed by atoms with van der Waals surface area (Å²) < 4.78 is 11.7. The first-order valence-electron chi connectivity index (χ1n) is 7.82. The number of hydrogen-bond acceptors (Lipinski definition) is 4. The first-order valence-corrected chi connectivity index (χ1v) is 10.7. The fraction of sp³-hybridized carbons (Fsp3) is 0.647. The van der Waals surface area contributed by atoms with Gasteiger partial charge in [0.25, 0.3) is 0 Å². The molecule has 0 saturated carbocycles. The predicted octanol–water partition coefficient (Wildman–Crippen LogP) is 3.64. The first kappa shape index (κ1) is 19.6. The molecule has 0 aliphatic heterocycles. The number of aromatic amines is 1. The van der Waals surface area contributed by atoms with E-state index in [1.807, 2.05) is 13.8 Å². The molecule has 0 amide bonds. The maximum Gasteiger partial charge on any atom is 0.340 e. The average Bonchev–Trinajstić information content (AvgIpc) is 2.34. The summed E-state index contributed by atoms with van der Waals surface area (Å²) in [4.78, 5) is 26.2. The summed E-state index contributed by atoms with van der Waals surface area (Å²) in [6.07, 6.45) is 0. The average molecular weight is 340 g/mol. The number of ether oxygens (including phenoxy) is 1. The minimum atomic E-state index is -1.90. The largest absolute Gasteiger partial charge is 0.454 e. The lowest BCUT2D eigenvalue weighted by atomic mass is 10.1. The van der Waals surface area contributed by atoms with Crippen molar-refractivity contribution in [2.45, 2.75) is 65.3 Å². The summed E-state index contributed by atoms with van der Waals surface area (Å²) in [5.41, 5.74) is -0.108. The van der Waals surface area contributed by atoms with Crippen molar-refractivity contribution in [1.82, 2.24) is 4.98 Å². The zero-order chi connectivity index (χ0) is 18.1. The number of pyridine rings is 1. The number of hydrogen-bond donors (Lipinski definition) is 1. The summed E-state index contributed by atoms with van der Waals surface area (Å²) >= 11 is 0. The molecular weight excluding hydrogens is 310 g/mol. The Labute approximate surface area is 139 Å². The maximum absolute atomic E-state index is 12.3. The number of H-pyrrole nitrogens is 1. The van der Waals surface area contributed by atoms with E-state index in [1.165, 1.54) is 12.1 Å². The molecular formula is C17H29NO4Si. The van der Waals surface area contributed by atoms with Gasteiger partial charge in [-0.2, -0.15) is 0 Å². The summed E-state index contributed by atoms with van der Waals surface area (Å²) in [6, 6.07) is 2.81. The molecule has 0 spiro atoms. The van der Waals surface area contributed by atoms with E-state index in [1.54, 1.807) is 6.92 Å². The Morgan fingerprint density at radius 3 is 2.22 bits per heavy atom. The van der Waals surface area contributed by atoms with Crippen molar-refractivity contribution < 1.29 is 14.0 Å². The van der Waals surface area contributed by atoms with E-state index in [4.69, 9.17) is 9.16 Å². The van der Waals surface area contributed by atoms with Gasteiger partial charge in [-0.25, -0.2) is 4.79 Å². The van der Waals surface area contributed by atoms with E-state index in [-0.39, 0.29) is 10.6 Å². The van der Waals surface area contributed by atoms with Crippen LogP contribution in [0.25, 0.3) is 0 Å². The second kappa shape index (κ2) is 6.61. The second-order valence-electron chi connectivity index (χ2n) is 8.06. The van der Waals surface area contributed by atoms with Crippen LogP contribution in [0.1, 0.15) is 50.7 Å². The Morgan fingerprint density at radius 1 is 1.17 bits per heavy atom. The van der Waals surface area contributed by atoms with Crippen LogP contribution in [-0.2, 0) is 9.16 Å². The van der Waals surface area contributed by atoms with Gasteiger partial charge in [0.05, 0.1) is 12.2 Å². The van der Waals surface area contributed by atoms with E-state index in [9.17, 15) is 9.59 Å². The lowest BCUT2D eigenvalue weighted by Crippen LogP contribution is -2.45. The molecule has 1 rings (SSSR count). The normalized spacial score (nSPS) is 13.0. The Hall–Kier alpha value is -1.40. The molecule has 0 unspecified atom stereocenters. The number of esters is 1. The Balaban J connectivity index is 2.78. The molecule has 130 valence electrons. The molecule has 5 nitrogen and oxygen atoms in total. The van der Waals surface area contributed by atoms with Crippen molar-refractivity contribution in [3.05, 3.63) is 33.7 Å². The monoisotopic (exact) mass is 339 g/mol. The number of aryl methyl sites for hydroxylation is 1. The third-order valence-electron chi connectivity index (χ3n) is 4.29. The fourth-order valence-corrected chi connectivity index (χ4v) is 2.85. The van der Waals surface area contributed by atoms with Gasteiger partial charge in [-0.15, -0.1) is 0 Å². The number of rotatable bonds is 5. The molecule has 0 aliphatic carbocycles. The highest BCUT2D eigenvalue weighted by Gasteiger charge is 2.39. The quantitative estimate of drug-likeness (QED) is 0.657. The Kier molecular flexibility index (Phi) is 5.64. The van der Waals surface area contributed by atoms with Crippen LogP contribution < -0.4 is 5.56 Å². The zero-order valence-corrected chi connectivity index (χ0v) is 16.5. The number of nitrogens with one attached hydrogen (secondary N) is 1. The molecule has 1 N–H and O–H groups in total. The van der Waals surface area contributed by atoms with Crippen LogP contribution in [0.4, 0.5) is 0 Å². The molecule has 1 heterocycles. The van der Waals surface area contributed by atoms with E-state index in [0.29, 0.717) is 17.9 Å². The molecule has 0 saturated heterocycles. The molecule has 0 radical (unpaired) electrons. The van der Waals surface area contributed by atoms with E-state index < -0.39 is 19.9 Å². The SMILES string of the molecule is Cc1[nH]c(=O)ccc1C(=O)OC(C)(C)CO[Si](C)(C)C(C)(C)C. The molecule has 0 atom stereocenters. The Bertz CT molecular complexity index is 626. The minimum Gasteiger partial charge on any atom is -0.454 e. The fourth-order valence-electron chi connectivity index (χ4n) is 1.71. The maximum atomic E-state index is 12.3. The third kappa shape index (κ3) is 5.32. The van der Waals surface area contributed by atoms with Crippen LogP contribution in [0.3, 0.4) is 0 Å². The lowest BCUT2D eigenvalue weighted by molar-refractivity contribution is -0.0238. The van der Waals surface area contributed by atoms with Gasteiger partial charge < -0.3 is 14.1 Å². The molecule has 0 aromatic carbocycles. The van der Waals surface area contributed by atoms with E-state index >= 15 is 0 Å². The van der Waals surface area contributed by atoms with Gasteiger partial charge in [-0.3, -0.25) is 4.79 Å². The smallest absolute Gasteiger partial charge is 0.340 e. The van der Waals surface area contributed by atoms with E-state index in [0.717, 1.165) is 0 Å². The molecule has 0 fully saturated rings. The highest BCUT2D eigenvalue weighted by atomic mass is 28.4. The van der Waals surface area contributed by atoms with E-state index in [2.05, 4.69) is 38.8 Å². The van der Waals surface area contributed by atoms with Crippen molar-refractivity contribution >= 4 is 14.3 Å². The second-order valence-corrected chi connectivity index (χ2v) is 12.9. The molecule has 0 bridgehead atoms. The Morgan fingerprint density at radius 2 is 1.74 bits per heavy atom. The first-order chi connectivity index (χ1) is 10.3. The summed E-state index contributed by atoms with van der Waals surface area (Å²) in [5.74, 6) is -0.456. The van der Waals surface area contributed by atoms with Crippen LogP contribution in [0.5, 0.6) is 0 Å². The minimum absolute atomic E-state index is 0.0998. The molecule has 1 aromatic rings. The van der Waals surface area contributed by atoms with Gasteiger partial charge in [-0.1, -0.05) is 20.8 Å². The van der Waals surface area contributed by atoms with Gasteiger partial charge in [0.15, 0.2) is 8.32 Å². The van der Waals surface area contributed by atoms with Crippen molar-refractivity contribution in [3.8, 4) is 0 Å². The summed E-state index contributed by atoms with van der Waals surface area (Å²) in [5, 5.41) is 0.0998. The van der Waals surface area contributed by atoms with Crippen LogP contribution in [0, 0.1) is 6.92 Å².